The molecular weight excluding hydrogens is 380 g/mol. The van der Waals surface area contributed by atoms with E-state index in [0.29, 0.717) is 12.2 Å². The number of esters is 1. The van der Waals surface area contributed by atoms with Crippen LogP contribution in [0.1, 0.15) is 18.1 Å². The highest BCUT2D eigenvalue weighted by Crippen LogP contribution is 2.23. The maximum Gasteiger partial charge on any atom is 0.331 e. The standard InChI is InChI=1S/C23H24N4O3/c1-17(23(29)26(2)3)30-21(28)12-11-20-16-27(15-18-8-5-4-6-9-18)25-22(20)19-10-7-13-24-14-19/h4-14,16-17H,15H2,1-3H3/b12-11+/t17-/m1/s1. The van der Waals surface area contributed by atoms with Crippen molar-refractivity contribution in [2.75, 3.05) is 14.1 Å². The fourth-order valence-electron chi connectivity index (χ4n) is 2.92. The Bertz CT molecular complexity index is 1030. The van der Waals surface area contributed by atoms with Crippen LogP contribution in [0.2, 0.25) is 0 Å². The summed E-state index contributed by atoms with van der Waals surface area (Å²) in [5.74, 6) is -0.867. The molecule has 1 amide bonds. The van der Waals surface area contributed by atoms with E-state index in [-0.39, 0.29) is 5.91 Å². The first kappa shape index (κ1) is 21.0. The largest absolute Gasteiger partial charge is 0.449 e. The molecule has 30 heavy (non-hydrogen) atoms. The van der Waals surface area contributed by atoms with Gasteiger partial charge in [0.05, 0.1) is 6.54 Å². The average molecular weight is 404 g/mol. The van der Waals surface area contributed by atoms with Crippen LogP contribution in [-0.4, -0.2) is 51.7 Å². The van der Waals surface area contributed by atoms with Crippen LogP contribution in [0.15, 0.2) is 67.1 Å². The molecule has 154 valence electrons. The molecule has 2 aromatic heterocycles. The minimum Gasteiger partial charge on any atom is -0.449 e. The summed E-state index contributed by atoms with van der Waals surface area (Å²) in [4.78, 5) is 29.6. The molecule has 3 aromatic rings. The van der Waals surface area contributed by atoms with Gasteiger partial charge in [-0.05, 0) is 30.7 Å². The van der Waals surface area contributed by atoms with Gasteiger partial charge in [-0.15, -0.1) is 0 Å². The number of aromatic nitrogens is 3. The molecule has 0 saturated heterocycles. The Kier molecular flexibility index (Phi) is 6.75. The summed E-state index contributed by atoms with van der Waals surface area (Å²) >= 11 is 0. The number of ether oxygens (including phenoxy) is 1. The fraction of sp³-hybridized carbons (Fsp3) is 0.217. The van der Waals surface area contributed by atoms with Crippen molar-refractivity contribution in [2.24, 2.45) is 0 Å². The lowest BCUT2D eigenvalue weighted by atomic mass is 10.1. The first-order chi connectivity index (χ1) is 14.4. The van der Waals surface area contributed by atoms with Gasteiger partial charge in [0.1, 0.15) is 5.69 Å². The zero-order valence-corrected chi connectivity index (χ0v) is 17.2. The molecule has 1 atom stereocenters. The zero-order valence-electron chi connectivity index (χ0n) is 17.2. The second-order valence-corrected chi connectivity index (χ2v) is 7.00. The van der Waals surface area contributed by atoms with Gasteiger partial charge in [0.15, 0.2) is 6.10 Å². The number of carbonyl (C=O) groups excluding carboxylic acids is 2. The first-order valence-corrected chi connectivity index (χ1v) is 9.55. The van der Waals surface area contributed by atoms with E-state index in [0.717, 1.165) is 16.7 Å². The Hall–Kier alpha value is -3.74. The van der Waals surface area contributed by atoms with E-state index in [1.165, 1.54) is 11.0 Å². The van der Waals surface area contributed by atoms with Gasteiger partial charge in [-0.2, -0.15) is 5.10 Å². The van der Waals surface area contributed by atoms with Crippen LogP contribution in [-0.2, 0) is 20.9 Å². The van der Waals surface area contributed by atoms with Crippen LogP contribution < -0.4 is 0 Å². The predicted octanol–water partition coefficient (Wildman–Crippen LogP) is 3.03. The molecule has 2 heterocycles. The lowest BCUT2D eigenvalue weighted by Crippen LogP contribution is -2.34. The van der Waals surface area contributed by atoms with Crippen LogP contribution >= 0.6 is 0 Å². The molecule has 0 aliphatic carbocycles. The summed E-state index contributed by atoms with van der Waals surface area (Å²) in [5.41, 5.74) is 3.42. The van der Waals surface area contributed by atoms with Crippen molar-refractivity contribution in [1.29, 1.82) is 0 Å². The molecule has 0 N–H and O–H groups in total. The number of amides is 1. The number of hydrogen-bond donors (Lipinski definition) is 0. The van der Waals surface area contributed by atoms with E-state index in [9.17, 15) is 9.59 Å². The molecule has 7 heteroatoms. The Labute approximate surface area is 175 Å². The molecule has 0 saturated carbocycles. The van der Waals surface area contributed by atoms with E-state index in [1.54, 1.807) is 39.5 Å². The summed E-state index contributed by atoms with van der Waals surface area (Å²) in [7, 11) is 3.23. The van der Waals surface area contributed by atoms with Gasteiger partial charge in [-0.25, -0.2) is 4.79 Å². The van der Waals surface area contributed by atoms with Gasteiger partial charge in [0, 0.05) is 49.9 Å². The number of likely N-dealkylation sites (N-methyl/N-ethyl adjacent to an activating group) is 1. The Morgan fingerprint density at radius 3 is 2.60 bits per heavy atom. The highest BCUT2D eigenvalue weighted by Gasteiger charge is 2.18. The van der Waals surface area contributed by atoms with Crippen LogP contribution in [0.3, 0.4) is 0 Å². The lowest BCUT2D eigenvalue weighted by molar-refractivity contribution is -0.153. The van der Waals surface area contributed by atoms with E-state index >= 15 is 0 Å². The second kappa shape index (κ2) is 9.65. The molecule has 0 fully saturated rings. The molecule has 7 nitrogen and oxygen atoms in total. The second-order valence-electron chi connectivity index (χ2n) is 7.00. The van der Waals surface area contributed by atoms with Crippen molar-refractivity contribution in [2.45, 2.75) is 19.6 Å². The van der Waals surface area contributed by atoms with Crippen molar-refractivity contribution >= 4 is 18.0 Å². The molecule has 0 aliphatic heterocycles. The summed E-state index contributed by atoms with van der Waals surface area (Å²) in [6.45, 7) is 2.15. The molecule has 0 spiro atoms. The number of benzene rings is 1. The van der Waals surface area contributed by atoms with Crippen LogP contribution in [0.4, 0.5) is 0 Å². The van der Waals surface area contributed by atoms with Crippen molar-refractivity contribution in [1.82, 2.24) is 19.7 Å². The van der Waals surface area contributed by atoms with E-state index in [4.69, 9.17) is 4.74 Å². The predicted molar refractivity (Wildman–Crippen MR) is 114 cm³/mol. The van der Waals surface area contributed by atoms with Gasteiger partial charge in [-0.3, -0.25) is 14.5 Å². The number of pyridine rings is 1. The molecular formula is C23H24N4O3. The van der Waals surface area contributed by atoms with Gasteiger partial charge in [-0.1, -0.05) is 30.3 Å². The van der Waals surface area contributed by atoms with Gasteiger partial charge in [0.2, 0.25) is 0 Å². The molecule has 0 unspecified atom stereocenters. The van der Waals surface area contributed by atoms with E-state index in [2.05, 4.69) is 10.1 Å². The third kappa shape index (κ3) is 5.41. The number of nitrogens with zero attached hydrogens (tertiary/aromatic N) is 4. The third-order valence-corrected chi connectivity index (χ3v) is 4.39. The van der Waals surface area contributed by atoms with Gasteiger partial charge in [0.25, 0.3) is 5.91 Å². The minimum absolute atomic E-state index is 0.275. The molecule has 0 radical (unpaired) electrons. The highest BCUT2D eigenvalue weighted by atomic mass is 16.5. The monoisotopic (exact) mass is 404 g/mol. The van der Waals surface area contributed by atoms with Crippen LogP contribution in [0.5, 0.6) is 0 Å². The average Bonchev–Trinajstić information content (AvgIpc) is 3.15. The fourth-order valence-corrected chi connectivity index (χ4v) is 2.92. The summed E-state index contributed by atoms with van der Waals surface area (Å²) in [6, 6.07) is 13.7. The first-order valence-electron chi connectivity index (χ1n) is 9.55. The van der Waals surface area contributed by atoms with E-state index < -0.39 is 12.1 Å². The Balaban J connectivity index is 1.82. The van der Waals surface area contributed by atoms with Crippen LogP contribution in [0.25, 0.3) is 17.3 Å². The summed E-state index contributed by atoms with van der Waals surface area (Å²) in [5, 5.41) is 4.68. The number of carbonyl (C=O) groups is 2. The molecule has 1 aromatic carbocycles. The molecule has 0 aliphatic rings. The Morgan fingerprint density at radius 2 is 1.93 bits per heavy atom. The minimum atomic E-state index is -0.851. The van der Waals surface area contributed by atoms with Crippen molar-refractivity contribution in [3.63, 3.8) is 0 Å². The SMILES string of the molecule is C[C@@H](OC(=O)/C=C/c1cn(Cc2ccccc2)nc1-c1cccnc1)C(=O)N(C)C. The maximum atomic E-state index is 12.2. The summed E-state index contributed by atoms with van der Waals surface area (Å²) < 4.78 is 7.01. The number of hydrogen-bond acceptors (Lipinski definition) is 5. The van der Waals surface area contributed by atoms with Crippen molar-refractivity contribution in [3.05, 3.63) is 78.3 Å². The zero-order chi connectivity index (χ0) is 21.5. The van der Waals surface area contributed by atoms with E-state index in [1.807, 2.05) is 53.3 Å². The van der Waals surface area contributed by atoms with Crippen molar-refractivity contribution in [3.8, 4) is 11.3 Å². The topological polar surface area (TPSA) is 77.3 Å². The van der Waals surface area contributed by atoms with Crippen molar-refractivity contribution < 1.29 is 14.3 Å². The van der Waals surface area contributed by atoms with Gasteiger partial charge >= 0.3 is 5.97 Å². The number of rotatable bonds is 7. The maximum absolute atomic E-state index is 12.2. The smallest absolute Gasteiger partial charge is 0.331 e. The Morgan fingerprint density at radius 1 is 1.17 bits per heavy atom. The summed E-state index contributed by atoms with van der Waals surface area (Å²) in [6.07, 6.45) is 7.39. The lowest BCUT2D eigenvalue weighted by Gasteiger charge is -2.16. The van der Waals surface area contributed by atoms with Gasteiger partial charge < -0.3 is 9.64 Å². The normalized spacial score (nSPS) is 12.0. The quantitative estimate of drug-likeness (QED) is 0.447. The highest BCUT2D eigenvalue weighted by molar-refractivity contribution is 5.91. The third-order valence-electron chi connectivity index (χ3n) is 4.39. The van der Waals surface area contributed by atoms with Crippen LogP contribution in [0, 0.1) is 0 Å². The molecule has 0 bridgehead atoms. The molecule has 3 rings (SSSR count).